The van der Waals surface area contributed by atoms with Gasteiger partial charge in [-0.3, -0.25) is 14.5 Å². The summed E-state index contributed by atoms with van der Waals surface area (Å²) < 4.78 is 19.3. The Hall–Kier alpha value is -2.23. The number of alkyl halides is 1. The predicted molar refractivity (Wildman–Crippen MR) is 118 cm³/mol. The number of amides is 2. The minimum Gasteiger partial charge on any atom is -0.390 e. The lowest BCUT2D eigenvalue weighted by Crippen LogP contribution is -2.44. The van der Waals surface area contributed by atoms with E-state index in [2.05, 4.69) is 20.5 Å². The number of carbonyl (C=O) groups excluding carboxylic acids is 2. The van der Waals surface area contributed by atoms with Gasteiger partial charge >= 0.3 is 0 Å². The second kappa shape index (κ2) is 9.72. The fourth-order valence-corrected chi connectivity index (χ4v) is 5.09. The van der Waals surface area contributed by atoms with Gasteiger partial charge in [-0.2, -0.15) is 0 Å². The van der Waals surface area contributed by atoms with E-state index in [1.165, 1.54) is 0 Å². The van der Waals surface area contributed by atoms with Crippen LogP contribution in [0, 0.1) is 19.8 Å². The number of β-amino-alcohol motifs (C(OH)–C–C–N with tert-alkyl or cyclic N) is 1. The van der Waals surface area contributed by atoms with Crippen LogP contribution in [0.1, 0.15) is 46.6 Å². The third kappa shape index (κ3) is 4.89. The monoisotopic (exact) mass is 448 g/mol. The molecule has 1 saturated carbocycles. The molecule has 1 aromatic heterocycles. The molecule has 0 aromatic carbocycles. The molecule has 1 aromatic rings. The van der Waals surface area contributed by atoms with E-state index in [0.29, 0.717) is 61.5 Å². The number of fused-ring (bicyclic) bond motifs is 1. The fraction of sp³-hybridized carbons (Fsp3) is 0.652. The molecule has 176 valence electrons. The number of aliphatic hydroxyl groups is 1. The highest BCUT2D eigenvalue weighted by Gasteiger charge is 2.41. The van der Waals surface area contributed by atoms with Gasteiger partial charge in [0.1, 0.15) is 6.17 Å². The van der Waals surface area contributed by atoms with Gasteiger partial charge in [-0.05, 0) is 44.7 Å². The van der Waals surface area contributed by atoms with Crippen molar-refractivity contribution in [1.82, 2.24) is 20.5 Å². The van der Waals surface area contributed by atoms with Crippen molar-refractivity contribution in [1.29, 1.82) is 0 Å². The van der Waals surface area contributed by atoms with Crippen molar-refractivity contribution < 1.29 is 23.8 Å². The fourth-order valence-electron chi connectivity index (χ4n) is 5.09. The first-order chi connectivity index (χ1) is 15.3. The molecule has 2 aliphatic heterocycles. The molecular weight excluding hydrogens is 415 g/mol. The maximum Gasteiger partial charge on any atom is 0.253 e. The maximum atomic E-state index is 14.0. The minimum absolute atomic E-state index is 0.00663. The largest absolute Gasteiger partial charge is 0.390 e. The van der Waals surface area contributed by atoms with Crippen molar-refractivity contribution in [2.24, 2.45) is 5.92 Å². The molecular formula is C23H33FN4O4. The molecule has 2 amide bonds. The number of aryl methyl sites for hydroxylation is 1. The van der Waals surface area contributed by atoms with Gasteiger partial charge in [-0.15, -0.1) is 0 Å². The summed E-state index contributed by atoms with van der Waals surface area (Å²) in [6, 6.07) is -0.00663. The molecule has 1 aliphatic carbocycles. The molecule has 0 radical (unpaired) electrons. The summed E-state index contributed by atoms with van der Waals surface area (Å²) in [6.45, 7) is 7.15. The van der Waals surface area contributed by atoms with Gasteiger partial charge < -0.3 is 25.5 Å². The van der Waals surface area contributed by atoms with Crippen LogP contribution in [-0.4, -0.2) is 84.5 Å². The van der Waals surface area contributed by atoms with Crippen molar-refractivity contribution >= 4 is 17.9 Å². The summed E-state index contributed by atoms with van der Waals surface area (Å²) in [7, 11) is 0. The SMILES string of the molecule is Cc1[nH]c(/C=C2\C(=O)NC3CCC(F)CC23)c(C)c1C(=O)NC[C@H](O)CN1CCOCC1. The maximum absolute atomic E-state index is 14.0. The molecule has 3 heterocycles. The standard InChI is InChI=1S/C23H33FN4O4/c1-13-20(10-18-17-9-15(24)3-4-19(17)27-22(18)30)26-14(2)21(13)23(31)25-11-16(29)12-28-5-7-32-8-6-28/h10,15-17,19,26,29H,3-9,11-12H2,1-2H3,(H,25,31)(H,27,30)/b18-10-/t15?,16-,17?,19?/m0/s1. The number of carbonyl (C=O) groups is 2. The third-order valence-corrected chi connectivity index (χ3v) is 6.84. The number of hydrogen-bond donors (Lipinski definition) is 4. The topological polar surface area (TPSA) is 107 Å². The molecule has 0 bridgehead atoms. The highest BCUT2D eigenvalue weighted by Crippen LogP contribution is 2.37. The number of ether oxygens (including phenoxy) is 1. The van der Waals surface area contributed by atoms with Crippen LogP contribution in [0.25, 0.3) is 6.08 Å². The second-order valence-corrected chi connectivity index (χ2v) is 9.14. The molecule has 8 nitrogen and oxygen atoms in total. The lowest BCUT2D eigenvalue weighted by Gasteiger charge is -2.28. The van der Waals surface area contributed by atoms with Crippen LogP contribution in [0.4, 0.5) is 4.39 Å². The highest BCUT2D eigenvalue weighted by molar-refractivity contribution is 6.02. The zero-order chi connectivity index (χ0) is 22.8. The quantitative estimate of drug-likeness (QED) is 0.487. The number of hydrogen-bond acceptors (Lipinski definition) is 5. The summed E-state index contributed by atoms with van der Waals surface area (Å²) in [5.41, 5.74) is 3.20. The first-order valence-electron chi connectivity index (χ1n) is 11.5. The van der Waals surface area contributed by atoms with E-state index in [4.69, 9.17) is 4.74 Å². The Morgan fingerprint density at radius 2 is 2.09 bits per heavy atom. The van der Waals surface area contributed by atoms with Crippen molar-refractivity contribution in [3.8, 4) is 0 Å². The molecule has 3 unspecified atom stereocenters. The Labute approximate surface area is 187 Å². The van der Waals surface area contributed by atoms with E-state index in [1.807, 2.05) is 13.8 Å². The normalized spacial score (nSPS) is 28.4. The third-order valence-electron chi connectivity index (χ3n) is 6.84. The minimum atomic E-state index is -0.885. The lowest BCUT2D eigenvalue weighted by atomic mass is 9.81. The lowest BCUT2D eigenvalue weighted by molar-refractivity contribution is -0.116. The van der Waals surface area contributed by atoms with Crippen molar-refractivity contribution in [3.05, 3.63) is 28.1 Å². The number of halogens is 1. The van der Waals surface area contributed by atoms with Crippen LogP contribution in [0.2, 0.25) is 0 Å². The number of aromatic nitrogens is 1. The van der Waals surface area contributed by atoms with Gasteiger partial charge in [0.25, 0.3) is 5.91 Å². The van der Waals surface area contributed by atoms with Crippen LogP contribution >= 0.6 is 0 Å². The zero-order valence-corrected chi connectivity index (χ0v) is 18.7. The number of nitrogens with one attached hydrogen (secondary N) is 3. The molecule has 0 spiro atoms. The number of rotatable bonds is 6. The van der Waals surface area contributed by atoms with E-state index >= 15 is 0 Å². The van der Waals surface area contributed by atoms with E-state index in [0.717, 1.165) is 18.7 Å². The van der Waals surface area contributed by atoms with Crippen LogP contribution in [-0.2, 0) is 9.53 Å². The van der Waals surface area contributed by atoms with Crippen LogP contribution in [0.15, 0.2) is 5.57 Å². The van der Waals surface area contributed by atoms with Gasteiger partial charge in [-0.25, -0.2) is 4.39 Å². The molecule has 32 heavy (non-hydrogen) atoms. The number of aliphatic hydroxyl groups excluding tert-OH is 1. The second-order valence-electron chi connectivity index (χ2n) is 9.14. The van der Waals surface area contributed by atoms with E-state index < -0.39 is 12.3 Å². The Morgan fingerprint density at radius 3 is 2.84 bits per heavy atom. The Kier molecular flexibility index (Phi) is 6.97. The van der Waals surface area contributed by atoms with Crippen LogP contribution < -0.4 is 10.6 Å². The van der Waals surface area contributed by atoms with Gasteiger partial charge in [-0.1, -0.05) is 0 Å². The zero-order valence-electron chi connectivity index (χ0n) is 18.7. The summed E-state index contributed by atoms with van der Waals surface area (Å²) in [6.07, 6.45) is 1.70. The van der Waals surface area contributed by atoms with E-state index in [1.54, 1.807) is 6.08 Å². The summed E-state index contributed by atoms with van der Waals surface area (Å²) in [5, 5.41) is 16.1. The van der Waals surface area contributed by atoms with Gasteiger partial charge in [0.2, 0.25) is 5.91 Å². The highest BCUT2D eigenvalue weighted by atomic mass is 19.1. The number of nitrogens with zero attached hydrogens (tertiary/aromatic N) is 1. The van der Waals surface area contributed by atoms with Gasteiger partial charge in [0.15, 0.2) is 0 Å². The van der Waals surface area contributed by atoms with E-state index in [-0.39, 0.29) is 30.3 Å². The molecule has 9 heteroatoms. The van der Waals surface area contributed by atoms with Crippen molar-refractivity contribution in [2.45, 2.75) is 51.4 Å². The van der Waals surface area contributed by atoms with Gasteiger partial charge in [0, 0.05) is 55.1 Å². The summed E-state index contributed by atoms with van der Waals surface area (Å²) >= 11 is 0. The Morgan fingerprint density at radius 1 is 1.34 bits per heavy atom. The van der Waals surface area contributed by atoms with Crippen molar-refractivity contribution in [2.75, 3.05) is 39.4 Å². The molecule has 4 atom stereocenters. The predicted octanol–water partition coefficient (Wildman–Crippen LogP) is 1.07. The van der Waals surface area contributed by atoms with Gasteiger partial charge in [0.05, 0.1) is 24.9 Å². The van der Waals surface area contributed by atoms with Crippen molar-refractivity contribution in [3.63, 3.8) is 0 Å². The molecule has 3 aliphatic rings. The molecule has 3 fully saturated rings. The number of H-pyrrole nitrogens is 1. The summed E-state index contributed by atoms with van der Waals surface area (Å²) in [4.78, 5) is 30.7. The summed E-state index contributed by atoms with van der Waals surface area (Å²) in [5.74, 6) is -0.558. The average molecular weight is 449 g/mol. The number of aromatic amines is 1. The smallest absolute Gasteiger partial charge is 0.253 e. The van der Waals surface area contributed by atoms with E-state index in [9.17, 15) is 19.1 Å². The first-order valence-corrected chi connectivity index (χ1v) is 11.5. The number of morpholine rings is 1. The van der Waals surface area contributed by atoms with Crippen LogP contribution in [0.5, 0.6) is 0 Å². The molecule has 4 rings (SSSR count). The first kappa shape index (κ1) is 22.9. The Balaban J connectivity index is 1.42. The van der Waals surface area contributed by atoms with Crippen LogP contribution in [0.3, 0.4) is 0 Å². The average Bonchev–Trinajstić information content (AvgIpc) is 3.22. The molecule has 4 N–H and O–H groups in total. The molecule has 2 saturated heterocycles. The Bertz CT molecular complexity index is 893.